The molecule has 11 heteroatoms. The predicted molar refractivity (Wildman–Crippen MR) is 269 cm³/mol. The number of hydrogen-bond acceptors (Lipinski definition) is 4. The molecule has 0 aromatic heterocycles. The number of rotatable bonds is 30. The summed E-state index contributed by atoms with van der Waals surface area (Å²) in [6.45, 7) is 9.03. The minimum absolute atomic E-state index is 0.203. The third-order valence-electron chi connectivity index (χ3n) is 14.5. The maximum Gasteiger partial charge on any atom is 0.380 e. The standard InChI is InChI=1S/C56H75F6NO2S2/c1-5-7-9-11-13-15-17-18-19-20-21-23-25-27-37-63-51(64)43-31-29-41(30-32-43)47-39-45-49-50(55(59,60)56(61,62)54(49,57)58)46-40-48(67-53(4,66-47)52(45,46)3)42-33-35-44(36-34-42)65-38-28-26-24-22-16-14-12-10-8-6-2/h29-36,39-40H,5-28,37-38H2,1-4H3,(H,63,64). The highest BCUT2D eigenvalue weighted by Crippen LogP contribution is 2.77. The van der Waals surface area contributed by atoms with Crippen LogP contribution in [0.15, 0.2) is 83.0 Å². The first kappa shape index (κ1) is 53.3. The summed E-state index contributed by atoms with van der Waals surface area (Å²) in [5, 5.41) is 3.00. The molecular formula is C56H75F6NO2S2. The van der Waals surface area contributed by atoms with E-state index in [0.717, 1.165) is 32.1 Å². The normalized spacial score (nSPS) is 22.1. The van der Waals surface area contributed by atoms with E-state index in [-0.39, 0.29) is 17.1 Å². The van der Waals surface area contributed by atoms with Gasteiger partial charge in [0.25, 0.3) is 5.91 Å². The Bertz CT molecular complexity index is 2080. The number of benzene rings is 2. The number of nitrogens with one attached hydrogen (secondary N) is 1. The summed E-state index contributed by atoms with van der Waals surface area (Å²) in [4.78, 5) is 14.1. The van der Waals surface area contributed by atoms with Gasteiger partial charge in [0, 0.05) is 38.5 Å². The lowest BCUT2D eigenvalue weighted by atomic mass is 9.72. The minimum atomic E-state index is -5.62. The van der Waals surface area contributed by atoms with Gasteiger partial charge in [0.1, 0.15) is 5.75 Å². The van der Waals surface area contributed by atoms with Crippen molar-refractivity contribution in [2.75, 3.05) is 13.2 Å². The van der Waals surface area contributed by atoms with Gasteiger partial charge in [-0.25, -0.2) is 0 Å². The summed E-state index contributed by atoms with van der Waals surface area (Å²) in [6, 6.07) is 13.9. The van der Waals surface area contributed by atoms with Gasteiger partial charge in [-0.1, -0.05) is 179 Å². The molecular weight excluding hydrogens is 897 g/mol. The summed E-state index contributed by atoms with van der Waals surface area (Å²) in [5.41, 5.74) is -2.79. The molecule has 2 unspecified atom stereocenters. The van der Waals surface area contributed by atoms with E-state index in [1.807, 2.05) is 6.92 Å². The number of halogens is 6. The second-order valence-corrected chi connectivity index (χ2v) is 22.8. The third-order valence-corrected chi connectivity index (χ3v) is 17.7. The summed E-state index contributed by atoms with van der Waals surface area (Å²) in [7, 11) is 0. The molecule has 6 rings (SSSR count). The summed E-state index contributed by atoms with van der Waals surface area (Å²) >= 11 is 2.70. The second kappa shape index (κ2) is 24.2. The molecule has 1 saturated carbocycles. The number of alkyl halides is 6. The third kappa shape index (κ3) is 11.9. The summed E-state index contributed by atoms with van der Waals surface area (Å²) in [6.07, 6.45) is 32.5. The van der Waals surface area contributed by atoms with E-state index in [1.54, 1.807) is 55.5 Å². The molecule has 0 spiro atoms. The van der Waals surface area contributed by atoms with Crippen LogP contribution in [0.25, 0.3) is 9.81 Å². The van der Waals surface area contributed by atoms with Crippen LogP contribution in [0.4, 0.5) is 26.3 Å². The van der Waals surface area contributed by atoms with Crippen molar-refractivity contribution in [1.82, 2.24) is 5.32 Å². The van der Waals surface area contributed by atoms with Gasteiger partial charge in [-0.2, -0.15) is 26.3 Å². The molecule has 0 radical (unpaired) electrons. The number of fused-ring (bicyclic) bond motifs is 1. The van der Waals surface area contributed by atoms with Gasteiger partial charge in [0.05, 0.1) is 10.7 Å². The Balaban J connectivity index is 1.07. The zero-order valence-electron chi connectivity index (χ0n) is 40.6. The quantitative estimate of drug-likeness (QED) is 0.0625. The second-order valence-electron chi connectivity index (χ2n) is 19.6. The molecule has 2 aromatic rings. The van der Waals surface area contributed by atoms with Crippen molar-refractivity contribution >= 4 is 39.2 Å². The molecule has 0 saturated heterocycles. The van der Waals surface area contributed by atoms with Crippen LogP contribution in [0.5, 0.6) is 5.75 Å². The summed E-state index contributed by atoms with van der Waals surface area (Å²) in [5.74, 6) is -15.4. The molecule has 3 nitrogen and oxygen atoms in total. The van der Waals surface area contributed by atoms with Crippen molar-refractivity contribution in [2.24, 2.45) is 5.41 Å². The van der Waals surface area contributed by atoms with Gasteiger partial charge in [0.15, 0.2) is 0 Å². The highest BCUT2D eigenvalue weighted by atomic mass is 32.2. The highest BCUT2D eigenvalue weighted by Gasteiger charge is 2.84. The molecule has 4 aliphatic rings. The molecule has 0 bridgehead atoms. The minimum Gasteiger partial charge on any atom is -0.494 e. The predicted octanol–water partition coefficient (Wildman–Crippen LogP) is 18.3. The Hall–Kier alpha value is -3.05. The molecule has 2 aliphatic heterocycles. The molecule has 1 N–H and O–H groups in total. The molecule has 1 amide bonds. The van der Waals surface area contributed by atoms with E-state index in [9.17, 15) is 4.79 Å². The van der Waals surface area contributed by atoms with Gasteiger partial charge in [0.2, 0.25) is 0 Å². The fraction of sp³-hybridized carbons (Fsp3) is 0.625. The highest BCUT2D eigenvalue weighted by molar-refractivity contribution is 8.26. The SMILES string of the molecule is CCCCCCCCCCCCCCCCNC(=O)c1ccc(C2=CC3=C4C(=C5C=C(c6ccc(OCCCCCCCCCCCC)cc6)SC(C)(S2)C53C)C(F)(F)C(F)(F)C4(F)F)cc1. The van der Waals surface area contributed by atoms with Gasteiger partial charge in [-0.05, 0) is 85.4 Å². The Kier molecular flexibility index (Phi) is 19.2. The van der Waals surface area contributed by atoms with Gasteiger partial charge < -0.3 is 10.1 Å². The Morgan fingerprint density at radius 1 is 0.522 bits per heavy atom. The first-order chi connectivity index (χ1) is 32.1. The largest absolute Gasteiger partial charge is 0.494 e. The van der Waals surface area contributed by atoms with Crippen LogP contribution in [-0.2, 0) is 0 Å². The zero-order chi connectivity index (χ0) is 48.1. The van der Waals surface area contributed by atoms with E-state index in [2.05, 4.69) is 19.2 Å². The summed E-state index contributed by atoms with van der Waals surface area (Å²) < 4.78 is 99.2. The van der Waals surface area contributed by atoms with Crippen molar-refractivity contribution in [1.29, 1.82) is 0 Å². The molecule has 2 heterocycles. The van der Waals surface area contributed by atoms with Crippen LogP contribution < -0.4 is 10.1 Å². The maximum absolute atomic E-state index is 15.9. The van der Waals surface area contributed by atoms with Crippen molar-refractivity contribution in [3.63, 3.8) is 0 Å². The monoisotopic (exact) mass is 972 g/mol. The lowest BCUT2D eigenvalue weighted by Gasteiger charge is -2.52. The van der Waals surface area contributed by atoms with Gasteiger partial charge in [-0.3, -0.25) is 4.79 Å². The molecule has 370 valence electrons. The first-order valence-corrected chi connectivity index (χ1v) is 27.3. The van der Waals surface area contributed by atoms with Crippen LogP contribution >= 0.6 is 23.5 Å². The van der Waals surface area contributed by atoms with E-state index in [0.29, 0.717) is 45.4 Å². The molecule has 1 fully saturated rings. The van der Waals surface area contributed by atoms with Crippen molar-refractivity contribution < 1.29 is 35.9 Å². The number of carbonyl (C=O) groups excluding carboxylic acids is 1. The fourth-order valence-electron chi connectivity index (χ4n) is 10.2. The maximum atomic E-state index is 15.9. The number of unbranched alkanes of at least 4 members (excludes halogenated alkanes) is 22. The molecule has 67 heavy (non-hydrogen) atoms. The van der Waals surface area contributed by atoms with E-state index < -0.39 is 38.4 Å². The lowest BCUT2D eigenvalue weighted by Crippen LogP contribution is -2.50. The zero-order valence-corrected chi connectivity index (χ0v) is 42.2. The first-order valence-electron chi connectivity index (χ1n) is 25.7. The number of allylic oxidation sites excluding steroid dienone is 6. The Labute approximate surface area is 406 Å². The topological polar surface area (TPSA) is 38.3 Å². The van der Waals surface area contributed by atoms with E-state index in [1.165, 1.54) is 158 Å². The van der Waals surface area contributed by atoms with E-state index in [4.69, 9.17) is 4.74 Å². The van der Waals surface area contributed by atoms with Crippen LogP contribution in [0, 0.1) is 5.41 Å². The van der Waals surface area contributed by atoms with Crippen molar-refractivity contribution in [3.05, 3.63) is 99.7 Å². The van der Waals surface area contributed by atoms with Crippen LogP contribution in [0.2, 0.25) is 0 Å². The molecule has 2 aliphatic carbocycles. The van der Waals surface area contributed by atoms with Crippen molar-refractivity contribution in [3.8, 4) is 5.75 Å². The smallest absolute Gasteiger partial charge is 0.380 e. The van der Waals surface area contributed by atoms with Crippen LogP contribution in [0.3, 0.4) is 0 Å². The Morgan fingerprint density at radius 3 is 1.31 bits per heavy atom. The number of ether oxygens (including phenoxy) is 1. The number of hydrogen-bond donors (Lipinski definition) is 1. The molecule has 2 aromatic carbocycles. The number of thioether (sulfide) groups is 2. The average molecular weight is 972 g/mol. The lowest BCUT2D eigenvalue weighted by molar-refractivity contribution is -0.258. The molecule has 2 atom stereocenters. The van der Waals surface area contributed by atoms with E-state index >= 15 is 26.3 Å². The number of amides is 1. The Morgan fingerprint density at radius 2 is 0.896 bits per heavy atom. The van der Waals surface area contributed by atoms with Crippen LogP contribution in [-0.4, -0.2) is 40.9 Å². The van der Waals surface area contributed by atoms with Gasteiger partial charge in [-0.15, -0.1) is 23.5 Å². The van der Waals surface area contributed by atoms with Crippen LogP contribution in [0.1, 0.15) is 203 Å². The number of carbonyl (C=O) groups is 1. The van der Waals surface area contributed by atoms with Crippen molar-refractivity contribution in [2.45, 2.75) is 204 Å². The fourth-order valence-corrected chi connectivity index (χ4v) is 13.4. The average Bonchev–Trinajstić information content (AvgIpc) is 3.63. The van der Waals surface area contributed by atoms with Gasteiger partial charge >= 0.3 is 17.8 Å².